The van der Waals surface area contributed by atoms with Crippen LogP contribution < -0.4 is 5.56 Å². The van der Waals surface area contributed by atoms with E-state index in [1.165, 1.54) is 0 Å². The monoisotopic (exact) mass is 217 g/mol. The van der Waals surface area contributed by atoms with Gasteiger partial charge in [0.25, 0.3) is 0 Å². The number of nitrogens with zero attached hydrogens (tertiary/aromatic N) is 1. The molecule has 0 saturated carbocycles. The van der Waals surface area contributed by atoms with E-state index in [-0.39, 0.29) is 0 Å². The average Bonchev–Trinajstić information content (AvgIpc) is 2.23. The second-order valence-electron chi connectivity index (χ2n) is 2.85. The molecule has 0 atom stereocenters. The minimum atomic E-state index is -1.94. The van der Waals surface area contributed by atoms with Crippen LogP contribution in [0, 0.1) is 17.5 Å². The molecule has 78 valence electrons. The molecule has 0 amide bonds. The first-order chi connectivity index (χ1) is 7.04. The zero-order chi connectivity index (χ0) is 11.2. The van der Waals surface area contributed by atoms with Crippen molar-refractivity contribution >= 4 is 10.9 Å². The van der Waals surface area contributed by atoms with Crippen molar-refractivity contribution in [3.8, 4) is 0 Å². The smallest absolute Gasteiger partial charge is 0.263 e. The van der Waals surface area contributed by atoms with Crippen molar-refractivity contribution in [2.75, 3.05) is 0 Å². The summed E-state index contributed by atoms with van der Waals surface area (Å²) in [5.74, 6) is -4.74. The molecule has 0 radical (unpaired) electrons. The summed E-state index contributed by atoms with van der Waals surface area (Å²) in [6, 6.07) is 2.90. The van der Waals surface area contributed by atoms with E-state index in [1.807, 2.05) is 0 Å². The van der Waals surface area contributed by atoms with Gasteiger partial charge in [-0.25, -0.2) is 8.78 Å². The van der Waals surface area contributed by atoms with Crippen LogP contribution in [0.4, 0.5) is 17.7 Å². The maximum absolute atomic E-state index is 13.1. The molecule has 2 nitrogen and oxygen atoms in total. The molecular formula is C9H3F4NO. The molecule has 0 aliphatic rings. The summed E-state index contributed by atoms with van der Waals surface area (Å²) in [6.07, 6.45) is 0. The van der Waals surface area contributed by atoms with E-state index in [9.17, 15) is 22.4 Å². The van der Waals surface area contributed by atoms with Gasteiger partial charge in [-0.15, -0.1) is 4.79 Å². The molecule has 1 heterocycles. The number of hydrogen-bond donors (Lipinski definition) is 0. The van der Waals surface area contributed by atoms with Crippen molar-refractivity contribution in [3.05, 3.63) is 46.0 Å². The number of fused-ring (bicyclic) bond motifs is 1. The molecule has 1 aromatic carbocycles. The van der Waals surface area contributed by atoms with Gasteiger partial charge in [0.1, 0.15) is 5.82 Å². The predicted molar refractivity (Wildman–Crippen MR) is 44.6 cm³/mol. The summed E-state index contributed by atoms with van der Waals surface area (Å²) in [6.45, 7) is 0. The molecular weight excluding hydrogens is 214 g/mol. The third kappa shape index (κ3) is 1.21. The Kier molecular flexibility index (Phi) is 1.99. The lowest BCUT2D eigenvalue weighted by molar-refractivity contribution is 0.349. The molecule has 0 fully saturated rings. The van der Waals surface area contributed by atoms with Gasteiger partial charge in [0.15, 0.2) is 5.82 Å². The van der Waals surface area contributed by atoms with E-state index in [4.69, 9.17) is 0 Å². The SMILES string of the molecule is O=c1c(F)c(F)c2c(F)cccc2n1F. The molecule has 2 rings (SSSR count). The van der Waals surface area contributed by atoms with Gasteiger partial charge in [-0.2, -0.15) is 4.39 Å². The fraction of sp³-hybridized carbons (Fsp3) is 0. The van der Waals surface area contributed by atoms with Gasteiger partial charge in [-0.3, -0.25) is 4.79 Å². The highest BCUT2D eigenvalue weighted by Gasteiger charge is 2.19. The number of aromatic nitrogens is 1. The van der Waals surface area contributed by atoms with E-state index in [0.29, 0.717) is 0 Å². The van der Waals surface area contributed by atoms with Gasteiger partial charge in [-0.05, 0) is 12.1 Å². The van der Waals surface area contributed by atoms with Gasteiger partial charge in [-0.1, -0.05) is 10.5 Å². The van der Waals surface area contributed by atoms with Crippen LogP contribution in [0.1, 0.15) is 0 Å². The quantitative estimate of drug-likeness (QED) is 0.619. The van der Waals surface area contributed by atoms with E-state index in [1.54, 1.807) is 0 Å². The first kappa shape index (κ1) is 9.70. The summed E-state index contributed by atoms with van der Waals surface area (Å²) >= 11 is 0. The highest BCUT2D eigenvalue weighted by Crippen LogP contribution is 2.20. The number of rotatable bonds is 0. The standard InChI is InChI=1S/C9H3F4NO/c10-4-2-1-3-5-6(4)7(11)8(12)9(15)14(5)13/h1-3H. The molecule has 0 aliphatic carbocycles. The molecule has 1 aromatic heterocycles. The van der Waals surface area contributed by atoms with Crippen LogP contribution >= 0.6 is 0 Å². The molecule has 2 aromatic rings. The molecule has 0 unspecified atom stereocenters. The van der Waals surface area contributed by atoms with Crippen LogP contribution in [0.15, 0.2) is 23.0 Å². The van der Waals surface area contributed by atoms with E-state index in [0.717, 1.165) is 18.2 Å². The summed E-state index contributed by atoms with van der Waals surface area (Å²) < 4.78 is 52.0. The number of hydrogen-bond acceptors (Lipinski definition) is 1. The fourth-order valence-corrected chi connectivity index (χ4v) is 1.29. The lowest BCUT2D eigenvalue weighted by Gasteiger charge is -2.03. The van der Waals surface area contributed by atoms with Crippen molar-refractivity contribution in [1.29, 1.82) is 0 Å². The molecule has 0 saturated heterocycles. The number of halogens is 4. The van der Waals surface area contributed by atoms with E-state index < -0.39 is 38.7 Å². The Morgan fingerprint density at radius 2 is 1.73 bits per heavy atom. The van der Waals surface area contributed by atoms with Crippen LogP contribution in [0.5, 0.6) is 0 Å². The minimum Gasteiger partial charge on any atom is -0.263 e. The number of pyridine rings is 1. The molecule has 15 heavy (non-hydrogen) atoms. The van der Waals surface area contributed by atoms with Crippen molar-refractivity contribution in [3.63, 3.8) is 0 Å². The van der Waals surface area contributed by atoms with Crippen LogP contribution in [-0.4, -0.2) is 4.79 Å². The molecule has 0 bridgehead atoms. The van der Waals surface area contributed by atoms with Crippen LogP contribution in [-0.2, 0) is 0 Å². The zero-order valence-corrected chi connectivity index (χ0v) is 7.10. The average molecular weight is 217 g/mol. The highest BCUT2D eigenvalue weighted by atomic mass is 19.2. The Bertz CT molecular complexity index is 605. The first-order valence-electron chi connectivity index (χ1n) is 3.88. The molecule has 0 N–H and O–H groups in total. The Balaban J connectivity index is 3.15. The lowest BCUT2D eigenvalue weighted by atomic mass is 10.2. The summed E-state index contributed by atoms with van der Waals surface area (Å²) in [7, 11) is 0. The van der Waals surface area contributed by atoms with Crippen molar-refractivity contribution in [1.82, 2.24) is 4.79 Å². The van der Waals surface area contributed by atoms with Crippen LogP contribution in [0.25, 0.3) is 10.9 Å². The Labute approximate surface area is 80.3 Å². The number of benzene rings is 1. The second-order valence-corrected chi connectivity index (χ2v) is 2.85. The highest BCUT2D eigenvalue weighted by molar-refractivity contribution is 5.80. The maximum Gasteiger partial charge on any atom is 0.318 e. The largest absolute Gasteiger partial charge is 0.318 e. The van der Waals surface area contributed by atoms with Gasteiger partial charge < -0.3 is 0 Å². The van der Waals surface area contributed by atoms with Crippen LogP contribution in [0.2, 0.25) is 0 Å². The Morgan fingerprint density at radius 1 is 1.07 bits per heavy atom. The van der Waals surface area contributed by atoms with E-state index in [2.05, 4.69) is 0 Å². The normalized spacial score (nSPS) is 10.9. The second kappa shape index (κ2) is 3.08. The van der Waals surface area contributed by atoms with Crippen LogP contribution in [0.3, 0.4) is 0 Å². The van der Waals surface area contributed by atoms with Crippen molar-refractivity contribution in [2.45, 2.75) is 0 Å². The minimum absolute atomic E-state index is 0.628. The summed E-state index contributed by atoms with van der Waals surface area (Å²) in [5.41, 5.74) is -2.41. The third-order valence-electron chi connectivity index (χ3n) is 1.98. The summed E-state index contributed by atoms with van der Waals surface area (Å²) in [4.78, 5) is 10.1. The van der Waals surface area contributed by atoms with Gasteiger partial charge >= 0.3 is 5.56 Å². The molecule has 6 heteroatoms. The van der Waals surface area contributed by atoms with Crippen molar-refractivity contribution < 1.29 is 17.7 Å². The topological polar surface area (TPSA) is 22.0 Å². The van der Waals surface area contributed by atoms with E-state index >= 15 is 0 Å². The lowest BCUT2D eigenvalue weighted by Crippen LogP contribution is -2.20. The maximum atomic E-state index is 13.1. The van der Waals surface area contributed by atoms with Crippen molar-refractivity contribution in [2.24, 2.45) is 0 Å². The van der Waals surface area contributed by atoms with Gasteiger partial charge in [0, 0.05) is 0 Å². The van der Waals surface area contributed by atoms with Gasteiger partial charge in [0.05, 0.1) is 10.9 Å². The first-order valence-corrected chi connectivity index (χ1v) is 3.88. The Morgan fingerprint density at radius 3 is 2.40 bits per heavy atom. The Hall–Kier alpha value is -1.85. The fourth-order valence-electron chi connectivity index (χ4n) is 1.29. The molecule has 0 spiro atoms. The van der Waals surface area contributed by atoms with Gasteiger partial charge in [0.2, 0.25) is 5.82 Å². The molecule has 0 aliphatic heterocycles. The third-order valence-corrected chi connectivity index (χ3v) is 1.98. The zero-order valence-electron chi connectivity index (χ0n) is 7.10. The summed E-state index contributed by atoms with van der Waals surface area (Å²) in [5, 5.41) is -0.878. The predicted octanol–water partition coefficient (Wildman–Crippen LogP) is 2.15.